The van der Waals surface area contributed by atoms with Gasteiger partial charge in [0, 0.05) is 6.54 Å². The third kappa shape index (κ3) is 3.66. The van der Waals surface area contributed by atoms with E-state index in [1.807, 2.05) is 18.7 Å². The zero-order chi connectivity index (χ0) is 13.8. The minimum Gasteiger partial charge on any atom is -0.461 e. The highest BCUT2D eigenvalue weighted by molar-refractivity contribution is 6.28. The fourth-order valence-electron chi connectivity index (χ4n) is 1.64. The summed E-state index contributed by atoms with van der Waals surface area (Å²) < 4.78 is 10.7. The average molecular weight is 284 g/mol. The lowest BCUT2D eigenvalue weighted by Gasteiger charge is -2.29. The molecule has 1 aliphatic rings. The van der Waals surface area contributed by atoms with Crippen LogP contribution in [0.1, 0.15) is 13.8 Å². The Morgan fingerprint density at radius 1 is 1.47 bits per heavy atom. The number of aromatic nitrogens is 3. The molecule has 0 radical (unpaired) electrons. The lowest BCUT2D eigenvalue weighted by atomic mass is 10.3. The maximum atomic E-state index is 8.88. The molecule has 2 heterocycles. The summed E-state index contributed by atoms with van der Waals surface area (Å²) in [5, 5.41) is 8.95. The first-order valence-corrected chi connectivity index (χ1v) is 6.30. The second kappa shape index (κ2) is 5.99. The lowest BCUT2D eigenvalue weighted by Crippen LogP contribution is -2.42. The fraction of sp³-hybridized carbons (Fsp3) is 0.636. The fourth-order valence-corrected chi connectivity index (χ4v) is 1.78. The maximum Gasteiger partial charge on any atom is 0.322 e. The van der Waals surface area contributed by atoms with Gasteiger partial charge in [0.2, 0.25) is 11.2 Å². The Bertz CT molecular complexity index is 490. The summed E-state index contributed by atoms with van der Waals surface area (Å²) in [7, 11) is 0. The van der Waals surface area contributed by atoms with Crippen LogP contribution >= 0.6 is 11.6 Å². The molecule has 0 spiro atoms. The monoisotopic (exact) mass is 283 g/mol. The van der Waals surface area contributed by atoms with E-state index in [4.69, 9.17) is 26.3 Å². The van der Waals surface area contributed by atoms with Crippen LogP contribution in [0.4, 0.5) is 5.95 Å². The Morgan fingerprint density at radius 2 is 2.26 bits per heavy atom. The highest BCUT2D eigenvalue weighted by Gasteiger charge is 2.23. The lowest BCUT2D eigenvalue weighted by molar-refractivity contribution is 0.0756. The van der Waals surface area contributed by atoms with E-state index in [9.17, 15) is 0 Å². The molecule has 1 atom stereocenters. The van der Waals surface area contributed by atoms with Gasteiger partial charge >= 0.3 is 6.01 Å². The van der Waals surface area contributed by atoms with Crippen LogP contribution in [0.25, 0.3) is 0 Å². The van der Waals surface area contributed by atoms with Gasteiger partial charge in [0.15, 0.2) is 6.10 Å². The molecule has 0 aliphatic carbocycles. The zero-order valence-electron chi connectivity index (χ0n) is 10.7. The first-order chi connectivity index (χ1) is 9.08. The molecule has 102 valence electrons. The topological polar surface area (TPSA) is 84.2 Å². The van der Waals surface area contributed by atoms with Gasteiger partial charge in [0.25, 0.3) is 0 Å². The Balaban J connectivity index is 2.19. The predicted octanol–water partition coefficient (Wildman–Crippen LogP) is 1.04. The van der Waals surface area contributed by atoms with Crippen LogP contribution in [0.2, 0.25) is 5.28 Å². The second-order valence-corrected chi connectivity index (χ2v) is 4.63. The number of hydrogen-bond acceptors (Lipinski definition) is 7. The molecule has 8 heteroatoms. The second-order valence-electron chi connectivity index (χ2n) is 4.29. The summed E-state index contributed by atoms with van der Waals surface area (Å²) in [5.74, 6) is 0.402. The summed E-state index contributed by atoms with van der Waals surface area (Å²) in [6, 6.07) is 2.25. The Hall–Kier alpha value is -1.65. The number of nitriles is 1. The molecule has 0 bridgehead atoms. The van der Waals surface area contributed by atoms with Gasteiger partial charge in [-0.1, -0.05) is 0 Å². The summed E-state index contributed by atoms with van der Waals surface area (Å²) in [4.78, 5) is 14.0. The van der Waals surface area contributed by atoms with Crippen molar-refractivity contribution in [1.82, 2.24) is 15.0 Å². The van der Waals surface area contributed by atoms with Gasteiger partial charge in [-0.15, -0.1) is 0 Å². The van der Waals surface area contributed by atoms with Crippen molar-refractivity contribution in [3.05, 3.63) is 5.28 Å². The minimum absolute atomic E-state index is 0.0529. The zero-order valence-corrected chi connectivity index (χ0v) is 11.5. The van der Waals surface area contributed by atoms with Crippen molar-refractivity contribution in [2.75, 3.05) is 24.6 Å². The molecule has 19 heavy (non-hydrogen) atoms. The quantitative estimate of drug-likeness (QED) is 0.819. The number of ether oxygens (including phenoxy) is 2. The molecule has 1 aromatic heterocycles. The highest BCUT2D eigenvalue weighted by atomic mass is 35.5. The van der Waals surface area contributed by atoms with Crippen LogP contribution in [0.3, 0.4) is 0 Å². The van der Waals surface area contributed by atoms with Crippen LogP contribution in [0.15, 0.2) is 0 Å². The number of rotatable bonds is 3. The van der Waals surface area contributed by atoms with Crippen LogP contribution < -0.4 is 9.64 Å². The summed E-state index contributed by atoms with van der Waals surface area (Å²) >= 11 is 5.86. The first kappa shape index (κ1) is 13.8. The van der Waals surface area contributed by atoms with Crippen molar-refractivity contribution in [2.24, 2.45) is 0 Å². The molecule has 1 aromatic rings. The average Bonchev–Trinajstić information content (AvgIpc) is 2.37. The van der Waals surface area contributed by atoms with E-state index in [-0.39, 0.29) is 17.4 Å². The number of morpholine rings is 1. The summed E-state index contributed by atoms with van der Waals surface area (Å²) in [6.07, 6.45) is -0.540. The Labute approximate surface area is 116 Å². The molecule has 1 unspecified atom stereocenters. The van der Waals surface area contributed by atoms with Crippen LogP contribution in [-0.4, -0.2) is 46.9 Å². The number of nitrogens with zero attached hydrogens (tertiary/aromatic N) is 5. The van der Waals surface area contributed by atoms with Gasteiger partial charge < -0.3 is 14.4 Å². The third-order valence-electron chi connectivity index (χ3n) is 2.41. The van der Waals surface area contributed by atoms with Crippen LogP contribution in [0, 0.1) is 11.3 Å². The van der Waals surface area contributed by atoms with E-state index in [0.717, 1.165) is 0 Å². The van der Waals surface area contributed by atoms with E-state index in [2.05, 4.69) is 21.0 Å². The first-order valence-electron chi connectivity index (χ1n) is 5.93. The molecule has 1 fully saturated rings. The molecule has 7 nitrogen and oxygen atoms in total. The summed E-state index contributed by atoms with van der Waals surface area (Å²) in [6.45, 7) is 5.19. The van der Waals surface area contributed by atoms with Gasteiger partial charge in [-0.3, -0.25) is 0 Å². The van der Waals surface area contributed by atoms with E-state index < -0.39 is 6.10 Å². The summed E-state index contributed by atoms with van der Waals surface area (Å²) in [5.41, 5.74) is 0. The van der Waals surface area contributed by atoms with Crippen molar-refractivity contribution in [1.29, 1.82) is 5.26 Å². The molecule has 2 rings (SSSR count). The van der Waals surface area contributed by atoms with Crippen LogP contribution in [0.5, 0.6) is 6.01 Å². The maximum absolute atomic E-state index is 8.88. The molecule has 0 N–H and O–H groups in total. The van der Waals surface area contributed by atoms with Crippen molar-refractivity contribution < 1.29 is 9.47 Å². The van der Waals surface area contributed by atoms with Crippen LogP contribution in [-0.2, 0) is 4.74 Å². The molecule has 0 aromatic carbocycles. The Morgan fingerprint density at radius 3 is 2.95 bits per heavy atom. The molecule has 1 saturated heterocycles. The molecular weight excluding hydrogens is 270 g/mol. The molecule has 0 saturated carbocycles. The van der Waals surface area contributed by atoms with Crippen molar-refractivity contribution in [3.8, 4) is 12.1 Å². The van der Waals surface area contributed by atoms with E-state index in [1.165, 1.54) is 0 Å². The predicted molar refractivity (Wildman–Crippen MR) is 68.2 cm³/mol. The van der Waals surface area contributed by atoms with E-state index in [0.29, 0.717) is 25.6 Å². The molecular formula is C11H14ClN5O2. The normalized spacial score (nSPS) is 19.3. The number of halogens is 1. The van der Waals surface area contributed by atoms with Gasteiger partial charge in [-0.25, -0.2) is 0 Å². The largest absolute Gasteiger partial charge is 0.461 e. The molecule has 1 aliphatic heterocycles. The third-order valence-corrected chi connectivity index (χ3v) is 2.58. The highest BCUT2D eigenvalue weighted by Crippen LogP contribution is 2.18. The van der Waals surface area contributed by atoms with Gasteiger partial charge in [-0.05, 0) is 25.4 Å². The number of anilines is 1. The van der Waals surface area contributed by atoms with Crippen molar-refractivity contribution in [2.45, 2.75) is 26.1 Å². The molecule has 0 amide bonds. The smallest absolute Gasteiger partial charge is 0.322 e. The van der Waals surface area contributed by atoms with E-state index >= 15 is 0 Å². The van der Waals surface area contributed by atoms with Crippen molar-refractivity contribution >= 4 is 17.5 Å². The van der Waals surface area contributed by atoms with E-state index in [1.54, 1.807) is 0 Å². The van der Waals surface area contributed by atoms with Gasteiger partial charge in [0.05, 0.1) is 25.3 Å². The van der Waals surface area contributed by atoms with Gasteiger partial charge in [0.1, 0.15) is 0 Å². The Kier molecular flexibility index (Phi) is 4.35. The minimum atomic E-state index is -0.487. The standard InChI is InChI=1S/C11H14ClN5O2/c1-7(2)19-11-15-9(12)14-10(16-11)17-3-4-18-8(5-13)6-17/h7-8H,3-4,6H2,1-2H3. The SMILES string of the molecule is CC(C)Oc1nc(Cl)nc(N2CCOC(C#N)C2)n1. The van der Waals surface area contributed by atoms with Gasteiger partial charge in [-0.2, -0.15) is 20.2 Å². The van der Waals surface area contributed by atoms with Crippen molar-refractivity contribution in [3.63, 3.8) is 0 Å². The number of hydrogen-bond donors (Lipinski definition) is 0.